The highest BCUT2D eigenvalue weighted by Crippen LogP contribution is 2.56. The normalized spacial score (nSPS) is 28.2. The maximum atomic E-state index is 14.0. The lowest BCUT2D eigenvalue weighted by Crippen LogP contribution is -2.43. The molecule has 6 atom stereocenters. The summed E-state index contributed by atoms with van der Waals surface area (Å²) in [6, 6.07) is 22.8. The van der Waals surface area contributed by atoms with Crippen molar-refractivity contribution in [3.8, 4) is 11.5 Å². The Hall–Kier alpha value is -4.98. The van der Waals surface area contributed by atoms with Crippen molar-refractivity contribution < 1.29 is 29.0 Å². The molecular formula is C35H30N2O6. The monoisotopic (exact) mass is 574 g/mol. The van der Waals surface area contributed by atoms with Crippen LogP contribution in [0, 0.1) is 35.5 Å². The number of ether oxygens (including phenoxy) is 1. The van der Waals surface area contributed by atoms with Gasteiger partial charge in [-0.15, -0.1) is 0 Å². The summed E-state index contributed by atoms with van der Waals surface area (Å²) < 4.78 is 5.27. The van der Waals surface area contributed by atoms with Gasteiger partial charge < -0.3 is 9.84 Å². The summed E-state index contributed by atoms with van der Waals surface area (Å²) in [6.45, 7) is 0. The van der Waals surface area contributed by atoms with Gasteiger partial charge in [0.2, 0.25) is 23.6 Å². The van der Waals surface area contributed by atoms with E-state index in [1.807, 2.05) is 30.4 Å². The molecule has 2 aliphatic carbocycles. The zero-order chi connectivity index (χ0) is 29.8. The smallest absolute Gasteiger partial charge is 0.238 e. The Bertz CT molecular complexity index is 1700. The van der Waals surface area contributed by atoms with E-state index in [0.717, 1.165) is 11.1 Å². The number of methoxy groups -OCH3 is 1. The highest BCUT2D eigenvalue weighted by Gasteiger charge is 2.61. The fraction of sp³-hybridized carbons (Fsp3) is 0.257. The molecule has 0 spiro atoms. The van der Waals surface area contributed by atoms with Crippen molar-refractivity contribution in [1.29, 1.82) is 0 Å². The van der Waals surface area contributed by atoms with Crippen LogP contribution in [0.4, 0.5) is 11.4 Å². The number of hydrogen-bond acceptors (Lipinski definition) is 6. The molecule has 8 nitrogen and oxygen atoms in total. The molecule has 7 rings (SSSR count). The SMILES string of the molecule is COc1cc(C=CC2C3=CCC4C(=O)N(c5ccccc5)C(=O)C4C3CC3C(=O)N(c4ccccc4)C(=O)C23)ccc1O. The molecule has 2 saturated heterocycles. The molecule has 216 valence electrons. The number of para-hydroxylation sites is 2. The van der Waals surface area contributed by atoms with E-state index < -0.39 is 29.6 Å². The van der Waals surface area contributed by atoms with Crippen molar-refractivity contribution >= 4 is 41.1 Å². The molecule has 3 fully saturated rings. The number of carbonyl (C=O) groups excluding carboxylic acids is 4. The first-order valence-electron chi connectivity index (χ1n) is 14.5. The Labute approximate surface area is 248 Å². The summed E-state index contributed by atoms with van der Waals surface area (Å²) >= 11 is 0. The summed E-state index contributed by atoms with van der Waals surface area (Å²) in [5.41, 5.74) is 2.75. The average Bonchev–Trinajstić information content (AvgIpc) is 3.44. The molecule has 4 amide bonds. The third-order valence-corrected chi connectivity index (χ3v) is 9.43. The number of amides is 4. The molecule has 8 heteroatoms. The summed E-state index contributed by atoms with van der Waals surface area (Å²) in [5.74, 6) is -3.88. The van der Waals surface area contributed by atoms with Gasteiger partial charge in [-0.3, -0.25) is 29.0 Å². The molecule has 2 heterocycles. The molecule has 0 bridgehead atoms. The van der Waals surface area contributed by atoms with Crippen LogP contribution < -0.4 is 14.5 Å². The Morgan fingerprint density at radius 3 is 1.98 bits per heavy atom. The third-order valence-electron chi connectivity index (χ3n) is 9.43. The lowest BCUT2D eigenvalue weighted by Gasteiger charge is -2.42. The second kappa shape index (κ2) is 10.4. The fourth-order valence-corrected chi connectivity index (χ4v) is 7.52. The highest BCUT2D eigenvalue weighted by atomic mass is 16.5. The number of nitrogens with zero attached hydrogens (tertiary/aromatic N) is 2. The maximum absolute atomic E-state index is 14.0. The van der Waals surface area contributed by atoms with Crippen LogP contribution in [0.3, 0.4) is 0 Å². The molecule has 4 aliphatic rings. The fourth-order valence-electron chi connectivity index (χ4n) is 7.52. The van der Waals surface area contributed by atoms with Gasteiger partial charge in [0.15, 0.2) is 11.5 Å². The number of aromatic hydroxyl groups is 1. The molecule has 1 N–H and O–H groups in total. The molecule has 6 unspecified atom stereocenters. The van der Waals surface area contributed by atoms with Crippen molar-refractivity contribution in [2.24, 2.45) is 35.5 Å². The molecular weight excluding hydrogens is 544 g/mol. The van der Waals surface area contributed by atoms with Crippen LogP contribution in [-0.4, -0.2) is 35.8 Å². The minimum absolute atomic E-state index is 0.0147. The zero-order valence-electron chi connectivity index (χ0n) is 23.5. The van der Waals surface area contributed by atoms with Crippen LogP contribution in [0.1, 0.15) is 18.4 Å². The molecule has 43 heavy (non-hydrogen) atoms. The van der Waals surface area contributed by atoms with Crippen molar-refractivity contribution in [3.05, 3.63) is 102 Å². The molecule has 2 aliphatic heterocycles. The van der Waals surface area contributed by atoms with Crippen LogP contribution in [0.5, 0.6) is 11.5 Å². The number of hydrogen-bond donors (Lipinski definition) is 1. The quantitative estimate of drug-likeness (QED) is 0.340. The number of rotatable bonds is 5. The highest BCUT2D eigenvalue weighted by molar-refractivity contribution is 6.24. The van der Waals surface area contributed by atoms with Gasteiger partial charge in [0.1, 0.15) is 0 Å². The number of phenols is 1. The second-order valence-electron chi connectivity index (χ2n) is 11.6. The third kappa shape index (κ3) is 4.20. The minimum Gasteiger partial charge on any atom is -0.504 e. The predicted octanol–water partition coefficient (Wildman–Crippen LogP) is 4.99. The van der Waals surface area contributed by atoms with Gasteiger partial charge >= 0.3 is 0 Å². The Balaban J connectivity index is 1.30. The molecule has 3 aromatic rings. The number of imide groups is 2. The second-order valence-corrected chi connectivity index (χ2v) is 11.6. The van der Waals surface area contributed by atoms with Crippen LogP contribution in [-0.2, 0) is 19.2 Å². The first-order chi connectivity index (χ1) is 20.9. The molecule has 0 aromatic heterocycles. The van der Waals surface area contributed by atoms with Gasteiger partial charge in [-0.2, -0.15) is 0 Å². The van der Waals surface area contributed by atoms with Gasteiger partial charge in [0.05, 0.1) is 42.2 Å². The van der Waals surface area contributed by atoms with Crippen molar-refractivity contribution in [1.82, 2.24) is 0 Å². The Morgan fingerprint density at radius 1 is 0.744 bits per heavy atom. The summed E-state index contributed by atoms with van der Waals surface area (Å²) in [6.07, 6.45) is 6.53. The van der Waals surface area contributed by atoms with Gasteiger partial charge in [-0.25, -0.2) is 0 Å². The maximum Gasteiger partial charge on any atom is 0.238 e. The van der Waals surface area contributed by atoms with Crippen molar-refractivity contribution in [3.63, 3.8) is 0 Å². The first-order valence-corrected chi connectivity index (χ1v) is 14.5. The lowest BCUT2D eigenvalue weighted by molar-refractivity contribution is -0.126. The van der Waals surface area contributed by atoms with Crippen LogP contribution in [0.25, 0.3) is 6.08 Å². The van der Waals surface area contributed by atoms with Crippen LogP contribution in [0.2, 0.25) is 0 Å². The minimum atomic E-state index is -0.639. The first kappa shape index (κ1) is 26.9. The van der Waals surface area contributed by atoms with E-state index >= 15 is 0 Å². The van der Waals surface area contributed by atoms with Crippen molar-refractivity contribution in [2.45, 2.75) is 12.8 Å². The van der Waals surface area contributed by atoms with Gasteiger partial charge in [-0.05, 0) is 60.7 Å². The summed E-state index contributed by atoms with van der Waals surface area (Å²) in [4.78, 5) is 58.1. The number of fused-ring (bicyclic) bond motifs is 4. The molecule has 1 saturated carbocycles. The number of anilines is 2. The van der Waals surface area contributed by atoms with E-state index in [1.165, 1.54) is 23.0 Å². The van der Waals surface area contributed by atoms with Crippen LogP contribution >= 0.6 is 0 Å². The van der Waals surface area contributed by atoms with E-state index in [-0.39, 0.29) is 35.3 Å². The summed E-state index contributed by atoms with van der Waals surface area (Å²) in [5, 5.41) is 10.1. The largest absolute Gasteiger partial charge is 0.504 e. The van der Waals surface area contributed by atoms with E-state index in [1.54, 1.807) is 60.7 Å². The number of benzene rings is 3. The van der Waals surface area contributed by atoms with E-state index in [2.05, 4.69) is 0 Å². The standard InChI is InChI=1S/C35H30N2O6/c1-43-29-18-20(13-17-28(29)38)12-14-24-23-15-16-25-31(35(42)36(32(25)39)21-8-4-2-5-9-21)26(23)19-27-30(24)34(41)37(33(27)40)22-10-6-3-7-11-22/h2-15,17-18,24-27,30-31,38H,16,19H2,1H3. The number of phenolic OH excluding ortho intramolecular Hbond substituents is 1. The topological polar surface area (TPSA) is 104 Å². The Morgan fingerprint density at radius 2 is 1.35 bits per heavy atom. The molecule has 3 aromatic carbocycles. The van der Waals surface area contributed by atoms with Crippen molar-refractivity contribution in [2.75, 3.05) is 16.9 Å². The average molecular weight is 575 g/mol. The number of allylic oxidation sites excluding steroid dienone is 3. The molecule has 0 radical (unpaired) electrons. The lowest BCUT2D eigenvalue weighted by atomic mass is 9.58. The summed E-state index contributed by atoms with van der Waals surface area (Å²) in [7, 11) is 1.47. The zero-order valence-corrected chi connectivity index (χ0v) is 23.5. The van der Waals surface area contributed by atoms with Gasteiger partial charge in [0.25, 0.3) is 0 Å². The van der Waals surface area contributed by atoms with E-state index in [4.69, 9.17) is 4.74 Å². The van der Waals surface area contributed by atoms with E-state index in [9.17, 15) is 24.3 Å². The predicted molar refractivity (Wildman–Crippen MR) is 160 cm³/mol. The van der Waals surface area contributed by atoms with E-state index in [0.29, 0.717) is 30.0 Å². The Kier molecular flexibility index (Phi) is 6.49. The van der Waals surface area contributed by atoms with Gasteiger partial charge in [0, 0.05) is 5.92 Å². The number of carbonyl (C=O) groups is 4. The van der Waals surface area contributed by atoms with Gasteiger partial charge in [-0.1, -0.05) is 66.3 Å². The van der Waals surface area contributed by atoms with Crippen LogP contribution in [0.15, 0.2) is 96.6 Å².